The van der Waals surface area contributed by atoms with Crippen LogP contribution in [0.2, 0.25) is 0 Å². The van der Waals surface area contributed by atoms with E-state index < -0.39 is 0 Å². The van der Waals surface area contributed by atoms with E-state index in [0.717, 1.165) is 24.7 Å². The second-order valence-corrected chi connectivity index (χ2v) is 5.90. The Balaban J connectivity index is 1.63. The van der Waals surface area contributed by atoms with Gasteiger partial charge in [-0.05, 0) is 57.0 Å². The third-order valence-corrected chi connectivity index (χ3v) is 4.56. The molecule has 0 saturated carbocycles. The quantitative estimate of drug-likeness (QED) is 0.904. The Morgan fingerprint density at radius 3 is 2.42 bits per heavy atom. The van der Waals surface area contributed by atoms with Crippen LogP contribution in [0.3, 0.4) is 0 Å². The highest BCUT2D eigenvalue weighted by molar-refractivity contribution is 5.49. The van der Waals surface area contributed by atoms with Gasteiger partial charge in [0.05, 0.1) is 6.10 Å². The molecular weight excluding hydrogens is 236 g/mol. The minimum Gasteiger partial charge on any atom is -0.389 e. The van der Waals surface area contributed by atoms with E-state index in [1.807, 2.05) is 19.1 Å². The molecule has 0 amide bonds. The van der Waals surface area contributed by atoms with Gasteiger partial charge in [0, 0.05) is 24.8 Å². The molecule has 1 aromatic rings. The highest BCUT2D eigenvalue weighted by Crippen LogP contribution is 2.26. The van der Waals surface area contributed by atoms with Crippen LogP contribution >= 0.6 is 0 Å². The van der Waals surface area contributed by atoms with E-state index in [2.05, 4.69) is 21.9 Å². The maximum absolute atomic E-state index is 9.55. The van der Waals surface area contributed by atoms with Gasteiger partial charge in [-0.15, -0.1) is 0 Å². The fourth-order valence-electron chi connectivity index (χ4n) is 3.34. The van der Waals surface area contributed by atoms with Crippen LogP contribution in [0.25, 0.3) is 0 Å². The van der Waals surface area contributed by atoms with Crippen LogP contribution in [0.5, 0.6) is 0 Å². The van der Waals surface area contributed by atoms with E-state index in [1.54, 1.807) is 0 Å². The maximum Gasteiger partial charge on any atom is 0.0761 e. The fraction of sp³-hybridized carbons (Fsp3) is 0.625. The molecule has 0 bridgehead atoms. The predicted octanol–water partition coefficient (Wildman–Crippen LogP) is 2.41. The summed E-state index contributed by atoms with van der Waals surface area (Å²) in [5.74, 6) is 0. The van der Waals surface area contributed by atoms with Crippen LogP contribution < -0.4 is 4.90 Å². The average Bonchev–Trinajstić information content (AvgIpc) is 3.10. The van der Waals surface area contributed by atoms with Crippen molar-refractivity contribution in [2.45, 2.75) is 38.3 Å². The van der Waals surface area contributed by atoms with Gasteiger partial charge in [-0.1, -0.05) is 12.1 Å². The first kappa shape index (κ1) is 12.9. The average molecular weight is 260 g/mol. The zero-order valence-corrected chi connectivity index (χ0v) is 11.8. The van der Waals surface area contributed by atoms with E-state index in [1.165, 1.54) is 38.0 Å². The number of nitrogens with zero attached hydrogens (tertiary/aromatic N) is 2. The minimum absolute atomic E-state index is 0.370. The number of hydrogen-bond acceptors (Lipinski definition) is 3. The van der Waals surface area contributed by atoms with Gasteiger partial charge in [0.1, 0.15) is 0 Å². The Bertz CT molecular complexity index is 409. The number of aliphatic hydroxyl groups excluding tert-OH is 1. The van der Waals surface area contributed by atoms with E-state index >= 15 is 0 Å². The maximum atomic E-state index is 9.55. The van der Waals surface area contributed by atoms with Gasteiger partial charge in [0.15, 0.2) is 0 Å². The van der Waals surface area contributed by atoms with E-state index in [0.29, 0.717) is 0 Å². The number of aliphatic hydroxyl groups is 1. The van der Waals surface area contributed by atoms with Crippen molar-refractivity contribution in [2.24, 2.45) is 0 Å². The van der Waals surface area contributed by atoms with Gasteiger partial charge in [0.2, 0.25) is 0 Å². The molecule has 1 unspecified atom stereocenters. The van der Waals surface area contributed by atoms with Gasteiger partial charge < -0.3 is 10.0 Å². The van der Waals surface area contributed by atoms with Gasteiger partial charge in [0.25, 0.3) is 0 Å². The molecule has 0 aliphatic carbocycles. The first-order valence-electron chi connectivity index (χ1n) is 7.51. The lowest BCUT2D eigenvalue weighted by Gasteiger charge is -2.24. The van der Waals surface area contributed by atoms with Crippen molar-refractivity contribution in [3.63, 3.8) is 0 Å². The molecule has 104 valence electrons. The van der Waals surface area contributed by atoms with Crippen molar-refractivity contribution in [3.05, 3.63) is 29.8 Å². The van der Waals surface area contributed by atoms with Crippen LogP contribution in [0, 0.1) is 0 Å². The zero-order valence-electron chi connectivity index (χ0n) is 11.8. The molecule has 0 spiro atoms. The third-order valence-electron chi connectivity index (χ3n) is 4.56. The van der Waals surface area contributed by atoms with Crippen LogP contribution in [-0.2, 0) is 0 Å². The molecule has 0 radical (unpaired) electrons. The second-order valence-electron chi connectivity index (χ2n) is 5.90. The van der Waals surface area contributed by atoms with E-state index in [4.69, 9.17) is 0 Å². The van der Waals surface area contributed by atoms with Gasteiger partial charge in [-0.25, -0.2) is 0 Å². The van der Waals surface area contributed by atoms with Crippen molar-refractivity contribution in [1.82, 2.24) is 4.90 Å². The number of rotatable bonds is 3. The van der Waals surface area contributed by atoms with E-state index in [-0.39, 0.29) is 6.10 Å². The summed E-state index contributed by atoms with van der Waals surface area (Å²) < 4.78 is 0. The molecule has 2 fully saturated rings. The number of hydrogen-bond donors (Lipinski definition) is 1. The SMILES string of the molecule is C[C@@H](O)c1ccc(N2CCC(N3CCCC3)C2)cc1. The number of anilines is 1. The zero-order chi connectivity index (χ0) is 13.2. The molecule has 19 heavy (non-hydrogen) atoms. The summed E-state index contributed by atoms with van der Waals surface area (Å²) in [5.41, 5.74) is 2.30. The Morgan fingerprint density at radius 1 is 1.11 bits per heavy atom. The van der Waals surface area contributed by atoms with Gasteiger partial charge in [-0.2, -0.15) is 0 Å². The number of likely N-dealkylation sites (tertiary alicyclic amines) is 1. The lowest BCUT2D eigenvalue weighted by Crippen LogP contribution is -2.35. The smallest absolute Gasteiger partial charge is 0.0761 e. The second kappa shape index (κ2) is 5.51. The Kier molecular flexibility index (Phi) is 3.76. The molecule has 2 aliphatic heterocycles. The Morgan fingerprint density at radius 2 is 1.79 bits per heavy atom. The highest BCUT2D eigenvalue weighted by Gasteiger charge is 2.29. The summed E-state index contributed by atoms with van der Waals surface area (Å²) in [6.45, 7) is 6.72. The first-order valence-corrected chi connectivity index (χ1v) is 7.51. The molecular formula is C16H24N2O. The molecule has 0 aromatic heterocycles. The molecule has 2 atom stereocenters. The molecule has 1 N–H and O–H groups in total. The third kappa shape index (κ3) is 2.77. The Labute approximate surface area is 115 Å². The summed E-state index contributed by atoms with van der Waals surface area (Å²) in [4.78, 5) is 5.14. The number of benzene rings is 1. The summed E-state index contributed by atoms with van der Waals surface area (Å²) in [6.07, 6.45) is 3.67. The molecule has 1 aromatic carbocycles. The molecule has 3 nitrogen and oxygen atoms in total. The Hall–Kier alpha value is -1.06. The van der Waals surface area contributed by atoms with Gasteiger partial charge >= 0.3 is 0 Å². The molecule has 2 aliphatic rings. The first-order chi connectivity index (χ1) is 9.24. The summed E-state index contributed by atoms with van der Waals surface area (Å²) >= 11 is 0. The van der Waals surface area contributed by atoms with Crippen LogP contribution in [-0.4, -0.2) is 42.2 Å². The van der Waals surface area contributed by atoms with Crippen LogP contribution in [0.1, 0.15) is 37.9 Å². The minimum atomic E-state index is -0.370. The fourth-order valence-corrected chi connectivity index (χ4v) is 3.34. The predicted molar refractivity (Wildman–Crippen MR) is 78.5 cm³/mol. The van der Waals surface area contributed by atoms with Crippen molar-refractivity contribution < 1.29 is 5.11 Å². The summed E-state index contributed by atoms with van der Waals surface area (Å²) in [5, 5.41) is 9.55. The van der Waals surface area contributed by atoms with Gasteiger partial charge in [-0.3, -0.25) is 4.90 Å². The van der Waals surface area contributed by atoms with Crippen molar-refractivity contribution >= 4 is 5.69 Å². The highest BCUT2D eigenvalue weighted by atomic mass is 16.3. The van der Waals surface area contributed by atoms with Crippen molar-refractivity contribution in [2.75, 3.05) is 31.1 Å². The largest absolute Gasteiger partial charge is 0.389 e. The van der Waals surface area contributed by atoms with Crippen LogP contribution in [0.4, 0.5) is 5.69 Å². The lowest BCUT2D eigenvalue weighted by atomic mass is 10.1. The molecule has 2 heterocycles. The molecule has 3 rings (SSSR count). The van der Waals surface area contributed by atoms with Crippen molar-refractivity contribution in [1.29, 1.82) is 0 Å². The topological polar surface area (TPSA) is 26.7 Å². The molecule has 3 heteroatoms. The van der Waals surface area contributed by atoms with Crippen LogP contribution in [0.15, 0.2) is 24.3 Å². The lowest BCUT2D eigenvalue weighted by molar-refractivity contribution is 0.199. The monoisotopic (exact) mass is 260 g/mol. The molecule has 2 saturated heterocycles. The van der Waals surface area contributed by atoms with Crippen molar-refractivity contribution in [3.8, 4) is 0 Å². The summed E-state index contributed by atoms with van der Waals surface area (Å²) in [7, 11) is 0. The normalized spacial score (nSPS) is 26.0. The summed E-state index contributed by atoms with van der Waals surface area (Å²) in [6, 6.07) is 9.13. The van der Waals surface area contributed by atoms with E-state index in [9.17, 15) is 5.11 Å². The standard InChI is InChI=1S/C16H24N2O/c1-13(19)14-4-6-15(7-5-14)18-11-8-16(12-18)17-9-2-3-10-17/h4-7,13,16,19H,2-3,8-12H2,1H3/t13-,16?/m1/s1.